The highest BCUT2D eigenvalue weighted by atomic mass is 16.5. The van der Waals surface area contributed by atoms with Crippen molar-refractivity contribution in [3.8, 4) is 5.75 Å². The lowest BCUT2D eigenvalue weighted by molar-refractivity contribution is -0.122. The minimum atomic E-state index is -0.577. The van der Waals surface area contributed by atoms with Gasteiger partial charge in [0.25, 0.3) is 5.91 Å². The Morgan fingerprint density at radius 1 is 0.880 bits per heavy atom. The second-order valence-corrected chi connectivity index (χ2v) is 5.88. The van der Waals surface area contributed by atoms with Crippen molar-refractivity contribution in [2.45, 2.75) is 19.4 Å². The van der Waals surface area contributed by atoms with E-state index in [1.54, 1.807) is 6.92 Å². The number of ether oxygens (including phenoxy) is 1. The van der Waals surface area contributed by atoms with E-state index >= 15 is 0 Å². The predicted molar refractivity (Wildman–Crippen MR) is 101 cm³/mol. The number of anilines is 1. The number of hydrogen-bond acceptors (Lipinski definition) is 2. The third-order valence-electron chi connectivity index (χ3n) is 3.94. The first kappa shape index (κ1) is 16.8. The van der Waals surface area contributed by atoms with E-state index in [9.17, 15) is 4.79 Å². The first-order valence-corrected chi connectivity index (χ1v) is 8.37. The molecule has 0 saturated carbocycles. The third kappa shape index (κ3) is 4.70. The molecule has 0 saturated heterocycles. The molecule has 3 nitrogen and oxygen atoms in total. The number of rotatable bonds is 6. The van der Waals surface area contributed by atoms with Crippen LogP contribution in [0.2, 0.25) is 0 Å². The Morgan fingerprint density at radius 3 is 2.20 bits per heavy atom. The minimum absolute atomic E-state index is 0.163. The van der Waals surface area contributed by atoms with E-state index in [1.165, 1.54) is 5.56 Å². The quantitative estimate of drug-likeness (QED) is 0.712. The lowest BCUT2D eigenvalue weighted by Gasteiger charge is -2.16. The van der Waals surface area contributed by atoms with Gasteiger partial charge in [0.15, 0.2) is 6.10 Å². The number of nitrogens with one attached hydrogen (secondary N) is 1. The van der Waals surface area contributed by atoms with E-state index in [1.807, 2.05) is 72.8 Å². The van der Waals surface area contributed by atoms with Gasteiger partial charge in [-0.25, -0.2) is 0 Å². The summed E-state index contributed by atoms with van der Waals surface area (Å²) in [7, 11) is 0. The fourth-order valence-corrected chi connectivity index (χ4v) is 2.60. The molecular weight excluding hydrogens is 310 g/mol. The van der Waals surface area contributed by atoms with E-state index in [4.69, 9.17) is 4.74 Å². The molecule has 0 aliphatic carbocycles. The molecule has 3 heteroatoms. The Hall–Kier alpha value is -3.07. The second kappa shape index (κ2) is 8.15. The number of para-hydroxylation sites is 2. The van der Waals surface area contributed by atoms with Crippen LogP contribution < -0.4 is 10.1 Å². The fourth-order valence-electron chi connectivity index (χ4n) is 2.60. The number of benzene rings is 3. The zero-order chi connectivity index (χ0) is 17.5. The highest BCUT2D eigenvalue weighted by Crippen LogP contribution is 2.20. The molecule has 1 atom stereocenters. The Kier molecular flexibility index (Phi) is 5.47. The van der Waals surface area contributed by atoms with Crippen molar-refractivity contribution in [3.63, 3.8) is 0 Å². The van der Waals surface area contributed by atoms with Crippen LogP contribution in [-0.4, -0.2) is 12.0 Å². The van der Waals surface area contributed by atoms with Crippen LogP contribution in [0.3, 0.4) is 0 Å². The summed E-state index contributed by atoms with van der Waals surface area (Å²) in [4.78, 5) is 12.5. The molecular formula is C22H21NO2. The first-order chi connectivity index (χ1) is 12.2. The Morgan fingerprint density at radius 2 is 1.48 bits per heavy atom. The summed E-state index contributed by atoms with van der Waals surface area (Å²) in [6, 6.07) is 27.4. The van der Waals surface area contributed by atoms with E-state index in [-0.39, 0.29) is 5.91 Å². The molecule has 25 heavy (non-hydrogen) atoms. The smallest absolute Gasteiger partial charge is 0.265 e. The van der Waals surface area contributed by atoms with Gasteiger partial charge in [-0.2, -0.15) is 0 Å². The molecule has 0 spiro atoms. The zero-order valence-corrected chi connectivity index (χ0v) is 14.2. The summed E-state index contributed by atoms with van der Waals surface area (Å²) in [5, 5.41) is 2.99. The molecule has 126 valence electrons. The summed E-state index contributed by atoms with van der Waals surface area (Å²) in [6.45, 7) is 1.75. The fraction of sp³-hybridized carbons (Fsp3) is 0.136. The van der Waals surface area contributed by atoms with Crippen LogP contribution in [0.15, 0.2) is 84.9 Å². The van der Waals surface area contributed by atoms with Crippen LogP contribution in [-0.2, 0) is 11.2 Å². The lowest BCUT2D eigenvalue weighted by Crippen LogP contribution is -2.30. The SMILES string of the molecule is C[C@@H](Oc1ccccc1)C(=O)Nc1ccccc1Cc1ccccc1. The molecule has 0 aliphatic heterocycles. The van der Waals surface area contributed by atoms with Crippen LogP contribution in [0.1, 0.15) is 18.1 Å². The van der Waals surface area contributed by atoms with E-state index in [0.717, 1.165) is 17.7 Å². The van der Waals surface area contributed by atoms with Gasteiger partial charge in [0.1, 0.15) is 5.75 Å². The van der Waals surface area contributed by atoms with Gasteiger partial charge in [0.05, 0.1) is 0 Å². The average Bonchev–Trinajstić information content (AvgIpc) is 2.65. The van der Waals surface area contributed by atoms with Crippen molar-refractivity contribution in [2.24, 2.45) is 0 Å². The highest BCUT2D eigenvalue weighted by molar-refractivity contribution is 5.94. The van der Waals surface area contributed by atoms with Gasteiger partial charge in [-0.3, -0.25) is 4.79 Å². The molecule has 1 N–H and O–H groups in total. The minimum Gasteiger partial charge on any atom is -0.481 e. The van der Waals surface area contributed by atoms with Crippen molar-refractivity contribution in [1.82, 2.24) is 0 Å². The molecule has 0 aliphatic rings. The number of carbonyl (C=O) groups excluding carboxylic acids is 1. The maximum atomic E-state index is 12.5. The number of amides is 1. The van der Waals surface area contributed by atoms with E-state index < -0.39 is 6.10 Å². The van der Waals surface area contributed by atoms with Gasteiger partial charge >= 0.3 is 0 Å². The number of hydrogen-bond donors (Lipinski definition) is 1. The Balaban J connectivity index is 1.69. The monoisotopic (exact) mass is 331 g/mol. The first-order valence-electron chi connectivity index (χ1n) is 8.37. The maximum absolute atomic E-state index is 12.5. The van der Waals surface area contributed by atoms with Gasteiger partial charge in [0.2, 0.25) is 0 Å². The van der Waals surface area contributed by atoms with Gasteiger partial charge in [-0.15, -0.1) is 0 Å². The molecule has 0 unspecified atom stereocenters. The zero-order valence-electron chi connectivity index (χ0n) is 14.2. The molecule has 0 radical (unpaired) electrons. The normalized spacial score (nSPS) is 11.6. The van der Waals surface area contributed by atoms with Crippen molar-refractivity contribution < 1.29 is 9.53 Å². The molecule has 0 bridgehead atoms. The average molecular weight is 331 g/mol. The molecule has 3 rings (SSSR count). The van der Waals surface area contributed by atoms with Crippen molar-refractivity contribution in [3.05, 3.63) is 96.1 Å². The molecule has 0 fully saturated rings. The highest BCUT2D eigenvalue weighted by Gasteiger charge is 2.16. The van der Waals surface area contributed by atoms with Crippen LogP contribution in [0.4, 0.5) is 5.69 Å². The molecule has 3 aromatic rings. The predicted octanol–water partition coefficient (Wildman–Crippen LogP) is 4.68. The van der Waals surface area contributed by atoms with Gasteiger partial charge in [-0.1, -0.05) is 66.7 Å². The summed E-state index contributed by atoms with van der Waals surface area (Å²) >= 11 is 0. The van der Waals surface area contributed by atoms with E-state index in [2.05, 4.69) is 17.4 Å². The maximum Gasteiger partial charge on any atom is 0.265 e. The summed E-state index contributed by atoms with van der Waals surface area (Å²) < 4.78 is 5.69. The van der Waals surface area contributed by atoms with Crippen LogP contribution in [0, 0.1) is 0 Å². The Bertz CT molecular complexity index is 816. The second-order valence-electron chi connectivity index (χ2n) is 5.88. The molecule has 3 aromatic carbocycles. The third-order valence-corrected chi connectivity index (χ3v) is 3.94. The largest absolute Gasteiger partial charge is 0.481 e. The topological polar surface area (TPSA) is 38.3 Å². The number of carbonyl (C=O) groups is 1. The van der Waals surface area contributed by atoms with Gasteiger partial charge < -0.3 is 10.1 Å². The summed E-state index contributed by atoms with van der Waals surface area (Å²) in [6.07, 6.45) is 0.192. The van der Waals surface area contributed by atoms with Crippen molar-refractivity contribution in [2.75, 3.05) is 5.32 Å². The lowest BCUT2D eigenvalue weighted by atomic mass is 10.0. The van der Waals surface area contributed by atoms with Crippen LogP contribution in [0.25, 0.3) is 0 Å². The summed E-state index contributed by atoms with van der Waals surface area (Å²) in [5.41, 5.74) is 3.10. The molecule has 0 heterocycles. The van der Waals surface area contributed by atoms with Gasteiger partial charge in [0, 0.05) is 5.69 Å². The van der Waals surface area contributed by atoms with Crippen LogP contribution >= 0.6 is 0 Å². The molecule has 0 aromatic heterocycles. The molecule has 1 amide bonds. The van der Waals surface area contributed by atoms with Crippen molar-refractivity contribution >= 4 is 11.6 Å². The summed E-state index contributed by atoms with van der Waals surface area (Å²) in [5.74, 6) is 0.520. The van der Waals surface area contributed by atoms with E-state index in [0.29, 0.717) is 5.75 Å². The Labute approximate surface area is 148 Å². The van der Waals surface area contributed by atoms with Crippen molar-refractivity contribution in [1.29, 1.82) is 0 Å². The van der Waals surface area contributed by atoms with Crippen LogP contribution in [0.5, 0.6) is 5.75 Å². The van der Waals surface area contributed by atoms with Gasteiger partial charge in [-0.05, 0) is 42.7 Å². The standard InChI is InChI=1S/C22H21NO2/c1-17(25-20-13-6-3-7-14-20)22(24)23-21-15-9-8-12-19(21)16-18-10-4-2-5-11-18/h2-15,17H,16H2,1H3,(H,23,24)/t17-/m1/s1.